The summed E-state index contributed by atoms with van der Waals surface area (Å²) in [7, 11) is 0. The average molecular weight is 1740 g/mol. The highest BCUT2D eigenvalue weighted by molar-refractivity contribution is 5.86. The van der Waals surface area contributed by atoms with Crippen LogP contribution in [0.3, 0.4) is 0 Å². The molecule has 20 heteroatoms. The summed E-state index contributed by atoms with van der Waals surface area (Å²) in [6.45, 7) is 60.0. The minimum atomic E-state index is 0.818. The van der Waals surface area contributed by atoms with Crippen LogP contribution in [0, 0.1) is 69.2 Å². The van der Waals surface area contributed by atoms with Crippen molar-refractivity contribution in [3.8, 4) is 0 Å². The number of hydrogen-bond acceptors (Lipinski definition) is 20. The van der Waals surface area contributed by atoms with Gasteiger partial charge in [-0.05, 0) is 236 Å². The molecule has 1 aromatic carbocycles. The molecule has 0 amide bonds. The fraction of sp³-hybridized carbons (Fsp3) is 0.273. The Morgan fingerprint density at radius 3 is 1.19 bits per heavy atom. The molecule has 0 radical (unpaired) electrons. The van der Waals surface area contributed by atoms with Crippen LogP contribution in [0.5, 0.6) is 0 Å². The molecular formula is C110H140N20. The summed E-state index contributed by atoms with van der Waals surface area (Å²) in [5.74, 6) is 0. The maximum absolute atomic E-state index is 4.24. The Bertz CT molecular complexity index is 5440. The van der Waals surface area contributed by atoms with E-state index >= 15 is 0 Å². The molecule has 20 rings (SSSR count). The van der Waals surface area contributed by atoms with Gasteiger partial charge in [-0.25, -0.2) is 19.9 Å². The van der Waals surface area contributed by atoms with Crippen molar-refractivity contribution in [1.82, 2.24) is 99.7 Å². The number of hydrogen-bond donors (Lipinski definition) is 0. The molecule has 0 atom stereocenters. The largest absolute Gasteiger partial charge is 0.264 e. The van der Waals surface area contributed by atoms with Gasteiger partial charge in [0.2, 0.25) is 0 Å². The Hall–Kier alpha value is -14.4. The first-order valence-electron chi connectivity index (χ1n) is 45.3. The molecule has 680 valence electrons. The molecule has 0 aliphatic rings. The smallest absolute Gasteiger partial charge is 0.159 e. The van der Waals surface area contributed by atoms with Crippen LogP contribution in [-0.2, 0) is 0 Å². The van der Waals surface area contributed by atoms with Gasteiger partial charge in [0.1, 0.15) is 6.33 Å². The van der Waals surface area contributed by atoms with Crippen LogP contribution in [0.15, 0.2) is 306 Å². The third-order valence-electron chi connectivity index (χ3n) is 16.7. The van der Waals surface area contributed by atoms with Gasteiger partial charge in [-0.1, -0.05) is 163 Å². The molecule has 0 N–H and O–H groups in total. The van der Waals surface area contributed by atoms with Gasteiger partial charge in [0, 0.05) is 212 Å². The van der Waals surface area contributed by atoms with Crippen LogP contribution in [-0.4, -0.2) is 99.7 Å². The minimum absolute atomic E-state index is 0.818. The van der Waals surface area contributed by atoms with Crippen LogP contribution < -0.4 is 0 Å². The third kappa shape index (κ3) is 39.6. The van der Waals surface area contributed by atoms with E-state index in [2.05, 4.69) is 118 Å². The lowest BCUT2D eigenvalue weighted by Crippen LogP contribution is -1.85. The Labute approximate surface area is 774 Å². The van der Waals surface area contributed by atoms with Gasteiger partial charge < -0.3 is 0 Å². The maximum atomic E-state index is 4.24. The summed E-state index contributed by atoms with van der Waals surface area (Å²) >= 11 is 0. The van der Waals surface area contributed by atoms with Gasteiger partial charge in [0.25, 0.3) is 0 Å². The molecule has 0 unspecified atom stereocenters. The number of aromatic nitrogens is 20. The second-order valence-electron chi connectivity index (χ2n) is 25.2. The molecule has 0 fully saturated rings. The molecule has 0 aliphatic heterocycles. The van der Waals surface area contributed by atoms with Gasteiger partial charge in [-0.2, -0.15) is 0 Å². The number of benzene rings is 1. The van der Waals surface area contributed by atoms with Crippen molar-refractivity contribution in [2.45, 2.75) is 208 Å². The molecule has 20 nitrogen and oxygen atoms in total. The summed E-state index contributed by atoms with van der Waals surface area (Å²) in [5.41, 5.74) is 19.6. The van der Waals surface area contributed by atoms with Crippen molar-refractivity contribution in [3.63, 3.8) is 0 Å². The number of rotatable bonds is 0. The van der Waals surface area contributed by atoms with Crippen LogP contribution in [0.4, 0.5) is 0 Å². The molecule has 19 heterocycles. The highest BCUT2D eigenvalue weighted by Crippen LogP contribution is 2.19. The monoisotopic (exact) mass is 1740 g/mol. The lowest BCUT2D eigenvalue weighted by Gasteiger charge is -1.97. The Balaban J connectivity index is 0.000000706. The normalized spacial score (nSPS) is 9.15. The molecule has 19 aromatic heterocycles. The van der Waals surface area contributed by atoms with Crippen molar-refractivity contribution >= 4 is 109 Å². The second-order valence-corrected chi connectivity index (χ2v) is 25.2. The van der Waals surface area contributed by atoms with E-state index in [9.17, 15) is 0 Å². The summed E-state index contributed by atoms with van der Waals surface area (Å²) in [6, 6.07) is 53.6. The maximum Gasteiger partial charge on any atom is 0.159 e. The standard InChI is InChI=1S/10C9H8N2.10C2H6/c1-7-9-3-4-10-6-8(9)2-5-11-7;1-7-9-6-10-4-2-8(9)3-5-11-7;1-7-4-8-6-10-3-2-9(8)11-5-7;1-7-4-8-2-3-10-6-9(8)11-5-7;1-7-8-3-2-5-11-9(8)4-6-10-7;1-7-9-8(4-6-10-7)3-2-5-11-9;1-7-5-9-8(6-11-7)3-2-4-10-9;1-7-5-9-8(11-6-7)3-2-4-10-9;1-7-5-8-3-2-4-10-9(8)11-6-7;1-7-8-4-2-3-5-9(8)11-6-10-7;10*1-2/h10*2-6H,1H3;10*1-2H3. The number of nitrogens with zero attached hydrogens (tertiary/aromatic N) is 20. The number of para-hydroxylation sites is 1. The fourth-order valence-corrected chi connectivity index (χ4v) is 11.1. The molecule has 0 aliphatic carbocycles. The molecule has 20 aromatic rings. The van der Waals surface area contributed by atoms with Crippen molar-refractivity contribution < 1.29 is 0 Å². The van der Waals surface area contributed by atoms with Crippen molar-refractivity contribution in [1.29, 1.82) is 0 Å². The first-order chi connectivity index (χ1) is 63.7. The van der Waals surface area contributed by atoms with E-state index in [1.54, 1.807) is 86.9 Å². The third-order valence-corrected chi connectivity index (χ3v) is 16.7. The van der Waals surface area contributed by atoms with E-state index in [1.165, 1.54) is 27.5 Å². The first-order valence-corrected chi connectivity index (χ1v) is 45.3. The van der Waals surface area contributed by atoms with Crippen LogP contribution >= 0.6 is 0 Å². The number of pyridine rings is 18. The summed E-state index contributed by atoms with van der Waals surface area (Å²) in [6.07, 6.45) is 41.4. The zero-order valence-corrected chi connectivity index (χ0v) is 82.8. The Morgan fingerprint density at radius 1 is 0.169 bits per heavy atom. The van der Waals surface area contributed by atoms with E-state index in [4.69, 9.17) is 0 Å². The predicted molar refractivity (Wildman–Crippen MR) is 556 cm³/mol. The molecule has 0 saturated carbocycles. The van der Waals surface area contributed by atoms with Crippen LogP contribution in [0.2, 0.25) is 0 Å². The zero-order chi connectivity index (χ0) is 96.8. The van der Waals surface area contributed by atoms with E-state index in [1.807, 2.05) is 409 Å². The molecule has 130 heavy (non-hydrogen) atoms. The number of fused-ring (bicyclic) bond motifs is 10. The predicted octanol–water partition coefficient (Wildman–Crippen LogP) is 29.6. The van der Waals surface area contributed by atoms with Gasteiger partial charge in [0.05, 0.1) is 56.0 Å². The summed E-state index contributed by atoms with van der Waals surface area (Å²) in [4.78, 5) is 82.9. The lowest BCUT2D eigenvalue weighted by molar-refractivity contribution is 1.15. The quantitative estimate of drug-likeness (QED) is 0.137. The lowest BCUT2D eigenvalue weighted by atomic mass is 10.2. The highest BCUT2D eigenvalue weighted by Gasteiger charge is 2.02. The van der Waals surface area contributed by atoms with Gasteiger partial charge in [0.15, 0.2) is 5.65 Å². The SMILES string of the molecule is CC.CC.CC.CC.CC.CC.CC.CC.CC.CC.Cc1cc2ncccc2cn1.Cc1cnc2cccnc2c1.Cc1cnc2ccncc2c1.Cc1cnc2cnccc2c1.Cc1cnc2ncccc2c1.Cc1nccc2cccnc12.Cc1nccc2ccncc12.Cc1nccc2cnccc12.Cc1nccc2ncccc12.Cc1ncnc2ccccc12. The van der Waals surface area contributed by atoms with E-state index in [0.717, 1.165) is 138 Å². The minimum Gasteiger partial charge on any atom is -0.264 e. The summed E-state index contributed by atoms with van der Waals surface area (Å²) in [5, 5.41) is 12.5. The fourth-order valence-electron chi connectivity index (χ4n) is 11.1. The molecule has 0 saturated heterocycles. The van der Waals surface area contributed by atoms with Crippen LogP contribution in [0.1, 0.15) is 195 Å². The van der Waals surface area contributed by atoms with Crippen molar-refractivity contribution in [2.24, 2.45) is 0 Å². The van der Waals surface area contributed by atoms with E-state index < -0.39 is 0 Å². The second kappa shape index (κ2) is 69.8. The molecule has 0 spiro atoms. The van der Waals surface area contributed by atoms with E-state index in [0.29, 0.717) is 0 Å². The van der Waals surface area contributed by atoms with Crippen LogP contribution in [0.25, 0.3) is 109 Å². The molecular weight excluding hydrogens is 1600 g/mol. The Kier molecular flexibility index (Phi) is 61.0. The summed E-state index contributed by atoms with van der Waals surface area (Å²) < 4.78 is 0. The Morgan fingerprint density at radius 2 is 0.569 bits per heavy atom. The highest BCUT2D eigenvalue weighted by atomic mass is 14.8. The van der Waals surface area contributed by atoms with Gasteiger partial charge in [-0.15, -0.1) is 0 Å². The molecule has 0 bridgehead atoms. The number of aryl methyl sites for hydroxylation is 10. The zero-order valence-electron chi connectivity index (χ0n) is 82.8. The topological polar surface area (TPSA) is 258 Å². The van der Waals surface area contributed by atoms with E-state index in [-0.39, 0.29) is 0 Å². The van der Waals surface area contributed by atoms with Gasteiger partial charge in [-0.3, -0.25) is 79.7 Å². The van der Waals surface area contributed by atoms with Gasteiger partial charge >= 0.3 is 0 Å². The van der Waals surface area contributed by atoms with Crippen molar-refractivity contribution in [3.05, 3.63) is 363 Å². The van der Waals surface area contributed by atoms with Crippen molar-refractivity contribution in [2.75, 3.05) is 0 Å². The first kappa shape index (κ1) is 114. The average Bonchev–Trinajstić information content (AvgIpc) is 0.830.